The molecule has 152 valence electrons. The van der Waals surface area contributed by atoms with E-state index >= 15 is 0 Å². The van der Waals surface area contributed by atoms with Crippen LogP contribution in [0.1, 0.15) is 16.1 Å². The summed E-state index contributed by atoms with van der Waals surface area (Å²) in [4.78, 5) is 16.8. The van der Waals surface area contributed by atoms with Crippen LogP contribution in [0.5, 0.6) is 0 Å². The van der Waals surface area contributed by atoms with Crippen molar-refractivity contribution in [1.82, 2.24) is 20.1 Å². The number of hydrogen-bond acceptors (Lipinski definition) is 6. The molecule has 4 aromatic rings. The van der Waals surface area contributed by atoms with E-state index in [0.717, 1.165) is 16.8 Å². The summed E-state index contributed by atoms with van der Waals surface area (Å²) < 4.78 is 24.3. The number of sulfonamides is 1. The molecule has 10 heteroatoms. The molecule has 0 saturated heterocycles. The average molecular weight is 440 g/mol. The van der Waals surface area contributed by atoms with Gasteiger partial charge in [0.1, 0.15) is 10.7 Å². The van der Waals surface area contributed by atoms with Crippen LogP contribution < -0.4 is 10.5 Å². The molecule has 0 saturated carbocycles. The molecule has 0 aliphatic heterocycles. The van der Waals surface area contributed by atoms with E-state index in [-0.39, 0.29) is 17.3 Å². The Bertz CT molecular complexity index is 1280. The van der Waals surface area contributed by atoms with Crippen molar-refractivity contribution >= 4 is 27.3 Å². The van der Waals surface area contributed by atoms with Gasteiger partial charge in [-0.3, -0.25) is 4.79 Å². The van der Waals surface area contributed by atoms with Crippen LogP contribution in [0.3, 0.4) is 0 Å². The summed E-state index contributed by atoms with van der Waals surface area (Å²) in [5.74, 6) is -0.316. The molecule has 0 radical (unpaired) electrons. The fourth-order valence-electron chi connectivity index (χ4n) is 2.74. The van der Waals surface area contributed by atoms with Crippen molar-refractivity contribution in [2.45, 2.75) is 11.4 Å². The molecule has 0 fully saturated rings. The van der Waals surface area contributed by atoms with E-state index in [1.807, 2.05) is 36.5 Å². The summed E-state index contributed by atoms with van der Waals surface area (Å²) in [6.07, 6.45) is 3.57. The number of nitrogens with zero attached hydrogens (tertiary/aromatic N) is 3. The zero-order chi connectivity index (χ0) is 21.1. The number of carbonyl (C=O) groups is 1. The lowest BCUT2D eigenvalue weighted by atomic mass is 10.2. The predicted molar refractivity (Wildman–Crippen MR) is 114 cm³/mol. The van der Waals surface area contributed by atoms with Gasteiger partial charge < -0.3 is 5.32 Å². The number of para-hydroxylation sites is 1. The summed E-state index contributed by atoms with van der Waals surface area (Å²) in [6, 6.07) is 15.7. The second-order valence-corrected chi connectivity index (χ2v) is 8.84. The first kappa shape index (κ1) is 20.0. The van der Waals surface area contributed by atoms with E-state index in [4.69, 9.17) is 5.14 Å². The molecular weight excluding hydrogens is 422 g/mol. The molecule has 1 amide bonds. The third-order valence-electron chi connectivity index (χ3n) is 4.29. The molecule has 0 aliphatic rings. The van der Waals surface area contributed by atoms with Crippen molar-refractivity contribution in [2.75, 3.05) is 0 Å². The molecule has 4 rings (SSSR count). The number of aromatic nitrogens is 3. The molecule has 2 aromatic heterocycles. The van der Waals surface area contributed by atoms with Gasteiger partial charge in [0.25, 0.3) is 5.91 Å². The van der Waals surface area contributed by atoms with E-state index in [2.05, 4.69) is 15.4 Å². The second kappa shape index (κ2) is 8.19. The number of nitrogens with two attached hydrogens (primary N) is 1. The average Bonchev–Trinajstić information content (AvgIpc) is 3.42. The number of amides is 1. The van der Waals surface area contributed by atoms with Crippen LogP contribution in [0.2, 0.25) is 0 Å². The number of carbonyl (C=O) groups excluding carboxylic acids is 1. The molecule has 3 N–H and O–H groups in total. The molecule has 30 heavy (non-hydrogen) atoms. The number of thiazole rings is 1. The number of rotatable bonds is 6. The van der Waals surface area contributed by atoms with Crippen LogP contribution >= 0.6 is 11.3 Å². The first-order valence-corrected chi connectivity index (χ1v) is 11.3. The normalized spacial score (nSPS) is 11.4. The molecular formula is C20H17N5O3S2. The quantitative estimate of drug-likeness (QED) is 0.478. The van der Waals surface area contributed by atoms with Crippen LogP contribution in [-0.4, -0.2) is 29.1 Å². The summed E-state index contributed by atoms with van der Waals surface area (Å²) >= 11 is 1.36. The van der Waals surface area contributed by atoms with Gasteiger partial charge in [0.15, 0.2) is 0 Å². The minimum absolute atomic E-state index is 0.0257. The molecule has 8 nitrogen and oxygen atoms in total. The maximum atomic E-state index is 12.4. The van der Waals surface area contributed by atoms with Crippen molar-refractivity contribution in [1.29, 1.82) is 0 Å². The van der Waals surface area contributed by atoms with Crippen LogP contribution in [-0.2, 0) is 16.6 Å². The lowest BCUT2D eigenvalue weighted by molar-refractivity contribution is 0.0946. The molecule has 0 aliphatic carbocycles. The molecule has 0 bridgehead atoms. The van der Waals surface area contributed by atoms with Gasteiger partial charge in [-0.1, -0.05) is 30.3 Å². The van der Waals surface area contributed by atoms with E-state index in [9.17, 15) is 13.2 Å². The Balaban J connectivity index is 1.41. The third-order valence-corrected chi connectivity index (χ3v) is 6.11. The van der Waals surface area contributed by atoms with Crippen LogP contribution in [0.4, 0.5) is 0 Å². The van der Waals surface area contributed by atoms with Gasteiger partial charge in [-0.05, 0) is 29.8 Å². The smallest absolute Gasteiger partial charge is 0.271 e. The SMILES string of the molecule is NS(=O)(=O)c1ccc(CNC(=O)c2csc(-c3cnn(-c4ccccc4)c3)n2)cc1. The summed E-state index contributed by atoms with van der Waals surface area (Å²) in [5, 5.41) is 14.6. The monoisotopic (exact) mass is 439 g/mol. The van der Waals surface area contributed by atoms with Crippen molar-refractivity contribution < 1.29 is 13.2 Å². The fraction of sp³-hybridized carbons (Fsp3) is 0.0500. The largest absolute Gasteiger partial charge is 0.347 e. The second-order valence-electron chi connectivity index (χ2n) is 6.42. The highest BCUT2D eigenvalue weighted by molar-refractivity contribution is 7.89. The van der Waals surface area contributed by atoms with Gasteiger partial charge in [0.2, 0.25) is 10.0 Å². The lowest BCUT2D eigenvalue weighted by Crippen LogP contribution is -2.23. The van der Waals surface area contributed by atoms with Gasteiger partial charge in [0.05, 0.1) is 16.8 Å². The molecule has 0 spiro atoms. The van der Waals surface area contributed by atoms with Crippen molar-refractivity contribution in [2.24, 2.45) is 5.14 Å². The Kier molecular flexibility index (Phi) is 5.44. The number of hydrogen-bond donors (Lipinski definition) is 2. The Labute approximate surface area is 177 Å². The standard InChI is InChI=1S/C20H17N5O3S2/c21-30(27,28)17-8-6-14(7-9-17)10-22-19(26)18-13-29-20(24-18)15-11-23-25(12-15)16-4-2-1-3-5-16/h1-9,11-13H,10H2,(H,22,26)(H2,21,27,28). The molecule has 2 aromatic carbocycles. The van der Waals surface area contributed by atoms with Crippen LogP contribution in [0, 0.1) is 0 Å². The Morgan fingerprint density at radius 3 is 2.53 bits per heavy atom. The number of nitrogens with one attached hydrogen (secondary N) is 1. The molecule has 2 heterocycles. The Morgan fingerprint density at radius 2 is 1.83 bits per heavy atom. The molecule has 0 atom stereocenters. The first-order valence-electron chi connectivity index (χ1n) is 8.86. The maximum Gasteiger partial charge on any atom is 0.271 e. The van der Waals surface area contributed by atoms with Crippen molar-refractivity contribution in [3.05, 3.63) is 83.6 Å². The minimum Gasteiger partial charge on any atom is -0.347 e. The third kappa shape index (κ3) is 4.46. The minimum atomic E-state index is -3.74. The Morgan fingerprint density at radius 1 is 1.10 bits per heavy atom. The summed E-state index contributed by atoms with van der Waals surface area (Å²) in [6.45, 7) is 0.239. The number of benzene rings is 2. The van der Waals surface area contributed by atoms with Gasteiger partial charge >= 0.3 is 0 Å². The first-order chi connectivity index (χ1) is 14.4. The highest BCUT2D eigenvalue weighted by atomic mass is 32.2. The van der Waals surface area contributed by atoms with E-state index in [1.54, 1.807) is 28.4 Å². The maximum absolute atomic E-state index is 12.4. The lowest BCUT2D eigenvalue weighted by Gasteiger charge is -2.04. The van der Waals surface area contributed by atoms with Gasteiger partial charge in [-0.2, -0.15) is 5.10 Å². The Hall–Kier alpha value is -3.34. The zero-order valence-electron chi connectivity index (χ0n) is 15.6. The van der Waals surface area contributed by atoms with Crippen LogP contribution in [0.25, 0.3) is 16.3 Å². The van der Waals surface area contributed by atoms with Gasteiger partial charge in [0, 0.05) is 23.7 Å². The highest BCUT2D eigenvalue weighted by Gasteiger charge is 2.14. The zero-order valence-corrected chi connectivity index (χ0v) is 17.2. The predicted octanol–water partition coefficient (Wildman–Crippen LogP) is 2.57. The molecule has 0 unspecified atom stereocenters. The fourth-order valence-corrected chi connectivity index (χ4v) is 4.03. The topological polar surface area (TPSA) is 120 Å². The van der Waals surface area contributed by atoms with E-state index in [0.29, 0.717) is 10.7 Å². The van der Waals surface area contributed by atoms with Crippen LogP contribution in [0.15, 0.2) is 77.3 Å². The van der Waals surface area contributed by atoms with Crippen molar-refractivity contribution in [3.8, 4) is 16.3 Å². The van der Waals surface area contributed by atoms with Gasteiger partial charge in [-0.25, -0.2) is 23.2 Å². The van der Waals surface area contributed by atoms with Crippen molar-refractivity contribution in [3.63, 3.8) is 0 Å². The summed E-state index contributed by atoms with van der Waals surface area (Å²) in [5.41, 5.74) is 2.81. The number of primary sulfonamides is 1. The van der Waals surface area contributed by atoms with E-state index < -0.39 is 10.0 Å². The summed E-state index contributed by atoms with van der Waals surface area (Å²) in [7, 11) is -3.74. The van der Waals surface area contributed by atoms with Gasteiger partial charge in [-0.15, -0.1) is 11.3 Å². The highest BCUT2D eigenvalue weighted by Crippen LogP contribution is 2.24. The van der Waals surface area contributed by atoms with E-state index in [1.165, 1.54) is 23.5 Å².